The molecule has 2 N–H and O–H groups in total. The van der Waals surface area contributed by atoms with Crippen LogP contribution in [0.3, 0.4) is 0 Å². The lowest BCUT2D eigenvalue weighted by atomic mass is 10.1. The van der Waals surface area contributed by atoms with Crippen molar-refractivity contribution >= 4 is 27.3 Å². The average molecular weight is 470 g/mol. The van der Waals surface area contributed by atoms with Crippen molar-refractivity contribution in [2.24, 2.45) is 0 Å². The van der Waals surface area contributed by atoms with Gasteiger partial charge < -0.3 is 9.72 Å². The predicted molar refractivity (Wildman–Crippen MR) is 120 cm³/mol. The van der Waals surface area contributed by atoms with Gasteiger partial charge in [-0.3, -0.25) is 10.3 Å². The summed E-state index contributed by atoms with van der Waals surface area (Å²) in [5.41, 5.74) is 2.04. The van der Waals surface area contributed by atoms with Crippen molar-refractivity contribution in [1.82, 2.24) is 39.9 Å². The first-order valence-corrected chi connectivity index (χ1v) is 12.1. The molecule has 0 radical (unpaired) electrons. The molecule has 0 saturated carbocycles. The van der Waals surface area contributed by atoms with Crippen molar-refractivity contribution in [3.63, 3.8) is 0 Å². The van der Waals surface area contributed by atoms with Crippen LogP contribution < -0.4 is 10.6 Å². The van der Waals surface area contributed by atoms with Crippen LogP contribution in [0, 0.1) is 0 Å². The van der Waals surface area contributed by atoms with Gasteiger partial charge in [-0.05, 0) is 37.3 Å². The van der Waals surface area contributed by atoms with E-state index < -0.39 is 15.9 Å². The molecule has 33 heavy (non-hydrogen) atoms. The van der Waals surface area contributed by atoms with Crippen molar-refractivity contribution in [3.8, 4) is 11.1 Å². The number of rotatable bonds is 7. The third kappa shape index (κ3) is 5.31. The summed E-state index contributed by atoms with van der Waals surface area (Å²) in [6, 6.07) is 4.88. The Morgan fingerprint density at radius 1 is 1.15 bits per heavy atom. The Labute approximate surface area is 190 Å². The van der Waals surface area contributed by atoms with Gasteiger partial charge >= 0.3 is 6.03 Å². The third-order valence-corrected chi connectivity index (χ3v) is 5.81. The lowest BCUT2D eigenvalue weighted by Crippen LogP contribution is -2.30. The van der Waals surface area contributed by atoms with Gasteiger partial charge in [0, 0.05) is 48.9 Å². The maximum absolute atomic E-state index is 12.2. The van der Waals surface area contributed by atoms with E-state index >= 15 is 0 Å². The summed E-state index contributed by atoms with van der Waals surface area (Å²) in [4.78, 5) is 22.3. The molecule has 0 atom stereocenters. The molecule has 12 nitrogen and oxygen atoms in total. The Hall–Kier alpha value is -3.87. The van der Waals surface area contributed by atoms with Crippen molar-refractivity contribution in [2.75, 3.05) is 18.1 Å². The van der Waals surface area contributed by atoms with Crippen molar-refractivity contribution in [2.45, 2.75) is 31.2 Å². The van der Waals surface area contributed by atoms with Crippen LogP contribution in [0.25, 0.3) is 16.8 Å². The molecule has 0 unspecified atom stereocenters. The van der Waals surface area contributed by atoms with Gasteiger partial charge in [-0.15, -0.1) is 10.2 Å². The molecular weight excluding hydrogens is 446 g/mol. The van der Waals surface area contributed by atoms with Gasteiger partial charge in [0.1, 0.15) is 5.65 Å². The summed E-state index contributed by atoms with van der Waals surface area (Å²) in [6.45, 7) is 4.26. The molecule has 0 aliphatic carbocycles. The van der Waals surface area contributed by atoms with E-state index in [-0.39, 0.29) is 10.9 Å². The van der Waals surface area contributed by atoms with Crippen LogP contribution in [0.4, 0.5) is 10.6 Å². The van der Waals surface area contributed by atoms with E-state index in [0.717, 1.165) is 11.8 Å². The fraction of sp³-hybridized carbons (Fsp3) is 0.300. The quantitative estimate of drug-likeness (QED) is 0.416. The van der Waals surface area contributed by atoms with Gasteiger partial charge in [-0.2, -0.15) is 4.80 Å². The number of nitrogens with zero attached hydrogens (tertiary/aromatic N) is 7. The monoisotopic (exact) mass is 469 g/mol. The molecule has 0 fully saturated rings. The van der Waals surface area contributed by atoms with Gasteiger partial charge in [-0.25, -0.2) is 18.2 Å². The van der Waals surface area contributed by atoms with Gasteiger partial charge in [0.2, 0.25) is 0 Å². The predicted octanol–water partition coefficient (Wildman–Crippen LogP) is 1.73. The lowest BCUT2D eigenvalue weighted by Gasteiger charge is -2.04. The summed E-state index contributed by atoms with van der Waals surface area (Å²) >= 11 is 0. The lowest BCUT2D eigenvalue weighted by molar-refractivity contribution is 0.252. The Morgan fingerprint density at radius 3 is 2.70 bits per heavy atom. The zero-order chi connectivity index (χ0) is 23.6. The molecule has 172 valence electrons. The van der Waals surface area contributed by atoms with Crippen LogP contribution in [-0.4, -0.2) is 61.8 Å². The topological polar surface area (TPSA) is 149 Å². The highest BCUT2D eigenvalue weighted by Crippen LogP contribution is 2.23. The molecule has 4 rings (SSSR count). The van der Waals surface area contributed by atoms with Crippen molar-refractivity contribution in [3.05, 3.63) is 48.8 Å². The van der Waals surface area contributed by atoms with Crippen LogP contribution in [0.2, 0.25) is 0 Å². The number of aromatic nitrogens is 7. The number of anilines is 1. The number of imidazole rings is 1. The minimum absolute atomic E-state index is 0.123. The first-order chi connectivity index (χ1) is 15.7. The number of tetrazole rings is 1. The van der Waals surface area contributed by atoms with Crippen LogP contribution in [0.5, 0.6) is 0 Å². The fourth-order valence-electron chi connectivity index (χ4n) is 3.03. The maximum Gasteiger partial charge on any atom is 0.320 e. The summed E-state index contributed by atoms with van der Waals surface area (Å²) in [5, 5.41) is 17.6. The van der Waals surface area contributed by atoms with Gasteiger partial charge in [0.05, 0.1) is 17.1 Å². The number of amides is 2. The molecule has 0 bridgehead atoms. The minimum atomic E-state index is -3.36. The molecule has 4 heterocycles. The van der Waals surface area contributed by atoms with E-state index in [1.54, 1.807) is 35.1 Å². The number of nitrogens with one attached hydrogen (secondary N) is 2. The van der Waals surface area contributed by atoms with Crippen LogP contribution in [0.1, 0.15) is 25.7 Å². The molecule has 0 aromatic carbocycles. The standard InChI is InChI=1S/C20H23N9O3S/c1-13(2)29-26-17(25-27-29)6-7-22-20(30)24-18-12-28-11-14(4-5-19(28)23-18)15-8-16(10-21-9-15)33(3,31)32/h4-5,8-13H,6-7H2,1-3H3,(H2,22,24,30). The highest BCUT2D eigenvalue weighted by molar-refractivity contribution is 7.90. The molecule has 0 saturated heterocycles. The number of sulfone groups is 1. The average Bonchev–Trinajstić information content (AvgIpc) is 3.39. The third-order valence-electron chi connectivity index (χ3n) is 4.73. The Bertz CT molecular complexity index is 1410. The smallest absolute Gasteiger partial charge is 0.320 e. The second-order valence-corrected chi connectivity index (χ2v) is 9.76. The number of fused-ring (bicyclic) bond motifs is 1. The number of urea groups is 1. The minimum Gasteiger partial charge on any atom is -0.337 e. The van der Waals surface area contributed by atoms with E-state index in [2.05, 4.69) is 36.0 Å². The number of carbonyl (C=O) groups excluding carboxylic acids is 1. The van der Waals surface area contributed by atoms with E-state index in [9.17, 15) is 13.2 Å². The summed E-state index contributed by atoms with van der Waals surface area (Å²) in [6.07, 6.45) is 7.96. The Kier molecular flexibility index (Phi) is 6.05. The second kappa shape index (κ2) is 8.94. The number of carbonyl (C=O) groups is 1. The van der Waals surface area contributed by atoms with Crippen molar-refractivity contribution < 1.29 is 13.2 Å². The highest BCUT2D eigenvalue weighted by Gasteiger charge is 2.11. The summed E-state index contributed by atoms with van der Waals surface area (Å²) < 4.78 is 25.4. The molecule has 0 aliphatic rings. The second-order valence-electron chi connectivity index (χ2n) is 7.74. The van der Waals surface area contributed by atoms with Crippen LogP contribution >= 0.6 is 0 Å². The number of hydrogen-bond donors (Lipinski definition) is 2. The largest absolute Gasteiger partial charge is 0.337 e. The van der Waals surface area contributed by atoms with Gasteiger partial charge in [0.15, 0.2) is 21.5 Å². The first kappa shape index (κ1) is 22.3. The summed E-state index contributed by atoms with van der Waals surface area (Å²) in [5.74, 6) is 0.926. The maximum atomic E-state index is 12.2. The molecule has 2 amide bonds. The van der Waals surface area contributed by atoms with Crippen LogP contribution in [-0.2, 0) is 16.3 Å². The number of pyridine rings is 2. The Morgan fingerprint density at radius 2 is 1.97 bits per heavy atom. The van der Waals surface area contributed by atoms with Gasteiger partial charge in [0.25, 0.3) is 0 Å². The summed E-state index contributed by atoms with van der Waals surface area (Å²) in [7, 11) is -3.36. The molecule has 4 aromatic rings. The molecule has 0 spiro atoms. The van der Waals surface area contributed by atoms with E-state index in [1.807, 2.05) is 19.9 Å². The Balaban J connectivity index is 1.40. The van der Waals surface area contributed by atoms with Crippen LogP contribution in [0.15, 0.2) is 47.9 Å². The van der Waals surface area contributed by atoms with E-state index in [0.29, 0.717) is 35.8 Å². The normalized spacial score (nSPS) is 11.8. The molecule has 4 aromatic heterocycles. The highest BCUT2D eigenvalue weighted by atomic mass is 32.2. The number of hydrogen-bond acceptors (Lipinski definition) is 8. The molecule has 0 aliphatic heterocycles. The molecule has 13 heteroatoms. The SMILES string of the molecule is CC(C)n1nnc(CCNC(=O)Nc2cn3cc(-c4cncc(S(C)(=O)=O)c4)ccc3n2)n1. The molecular formula is C20H23N9O3S. The zero-order valence-electron chi connectivity index (χ0n) is 18.3. The van der Waals surface area contributed by atoms with Gasteiger partial charge in [-0.1, -0.05) is 0 Å². The van der Waals surface area contributed by atoms with E-state index in [1.165, 1.54) is 11.0 Å². The first-order valence-electron chi connectivity index (χ1n) is 10.2. The zero-order valence-corrected chi connectivity index (χ0v) is 19.1. The van der Waals surface area contributed by atoms with E-state index in [4.69, 9.17) is 0 Å². The van der Waals surface area contributed by atoms with Crippen molar-refractivity contribution in [1.29, 1.82) is 0 Å². The fourth-order valence-corrected chi connectivity index (χ4v) is 3.62.